The van der Waals surface area contributed by atoms with E-state index in [-0.39, 0.29) is 0 Å². The summed E-state index contributed by atoms with van der Waals surface area (Å²) in [5.74, 6) is -0.884. The highest BCUT2D eigenvalue weighted by Gasteiger charge is 2.27. The van der Waals surface area contributed by atoms with E-state index in [2.05, 4.69) is 11.4 Å². The summed E-state index contributed by atoms with van der Waals surface area (Å²) in [5.41, 5.74) is 2.12. The van der Waals surface area contributed by atoms with Crippen molar-refractivity contribution in [3.63, 3.8) is 0 Å². The van der Waals surface area contributed by atoms with Gasteiger partial charge in [0, 0.05) is 12.1 Å². The lowest BCUT2D eigenvalue weighted by Gasteiger charge is -2.03. The number of nitrogens with zero attached hydrogens (tertiary/aromatic N) is 1. The van der Waals surface area contributed by atoms with E-state index in [9.17, 15) is 4.79 Å². The van der Waals surface area contributed by atoms with Crippen molar-refractivity contribution in [2.45, 2.75) is 12.5 Å². The molecule has 1 unspecified atom stereocenters. The second-order valence-electron chi connectivity index (χ2n) is 3.18. The number of hydrogen-bond acceptors (Lipinski definition) is 3. The molecule has 0 radical (unpaired) electrons. The fraction of sp³-hybridized carbons (Fsp3) is 0.200. The second kappa shape index (κ2) is 3.04. The number of nitrogens with one attached hydrogen (secondary N) is 1. The van der Waals surface area contributed by atoms with Crippen molar-refractivity contribution in [3.05, 3.63) is 29.3 Å². The number of nitriles is 1. The summed E-state index contributed by atoms with van der Waals surface area (Å²) in [7, 11) is 0. The van der Waals surface area contributed by atoms with Gasteiger partial charge in [-0.15, -0.1) is 0 Å². The van der Waals surface area contributed by atoms with Crippen molar-refractivity contribution >= 4 is 11.7 Å². The van der Waals surface area contributed by atoms with Crippen molar-refractivity contribution in [2.24, 2.45) is 0 Å². The second-order valence-corrected chi connectivity index (χ2v) is 3.18. The Labute approximate surface area is 80.8 Å². The summed E-state index contributed by atoms with van der Waals surface area (Å²) in [6.45, 7) is 0. The molecule has 0 fully saturated rings. The largest absolute Gasteiger partial charge is 0.480 e. The number of carboxylic acid groups (broad SMARTS) is 1. The van der Waals surface area contributed by atoms with E-state index in [1.807, 2.05) is 0 Å². The Morgan fingerprint density at radius 2 is 2.43 bits per heavy atom. The zero-order chi connectivity index (χ0) is 10.1. The monoisotopic (exact) mass is 188 g/mol. The summed E-state index contributed by atoms with van der Waals surface area (Å²) >= 11 is 0. The van der Waals surface area contributed by atoms with Gasteiger partial charge in [-0.2, -0.15) is 5.26 Å². The molecule has 1 heterocycles. The van der Waals surface area contributed by atoms with E-state index in [4.69, 9.17) is 10.4 Å². The zero-order valence-corrected chi connectivity index (χ0v) is 7.32. The number of rotatable bonds is 1. The molecule has 1 aliphatic rings. The van der Waals surface area contributed by atoms with Crippen LogP contribution in [0.4, 0.5) is 5.69 Å². The molecule has 0 aromatic heterocycles. The molecule has 1 aromatic rings. The van der Waals surface area contributed by atoms with Crippen molar-refractivity contribution < 1.29 is 9.90 Å². The van der Waals surface area contributed by atoms with Crippen LogP contribution in [0.5, 0.6) is 0 Å². The lowest BCUT2D eigenvalue weighted by atomic mass is 10.0. The van der Waals surface area contributed by atoms with Crippen molar-refractivity contribution in [1.82, 2.24) is 0 Å². The molecule has 1 atom stereocenters. The van der Waals surface area contributed by atoms with Gasteiger partial charge in [0.2, 0.25) is 0 Å². The Bertz CT molecular complexity index is 434. The number of carbonyl (C=O) groups is 1. The molecule has 0 amide bonds. The minimum absolute atomic E-state index is 0.383. The summed E-state index contributed by atoms with van der Waals surface area (Å²) in [6.07, 6.45) is 0.383. The molecule has 4 heteroatoms. The van der Waals surface area contributed by atoms with Crippen LogP contribution in [0.2, 0.25) is 0 Å². The van der Waals surface area contributed by atoms with Crippen LogP contribution in [-0.4, -0.2) is 17.1 Å². The van der Waals surface area contributed by atoms with Crippen LogP contribution in [-0.2, 0) is 11.2 Å². The predicted octanol–water partition coefficient (Wildman–Crippen LogP) is 0.979. The molecule has 0 bridgehead atoms. The molecule has 2 rings (SSSR count). The third-order valence-electron chi connectivity index (χ3n) is 2.33. The zero-order valence-electron chi connectivity index (χ0n) is 7.32. The van der Waals surface area contributed by atoms with Crippen LogP contribution >= 0.6 is 0 Å². The number of carboxylic acids is 1. The Morgan fingerprint density at radius 3 is 3.07 bits per heavy atom. The predicted molar refractivity (Wildman–Crippen MR) is 49.9 cm³/mol. The fourth-order valence-corrected chi connectivity index (χ4v) is 1.64. The van der Waals surface area contributed by atoms with Crippen LogP contribution in [0.25, 0.3) is 0 Å². The molecule has 0 aliphatic carbocycles. The van der Waals surface area contributed by atoms with Gasteiger partial charge in [-0.25, -0.2) is 4.79 Å². The number of benzene rings is 1. The minimum Gasteiger partial charge on any atom is -0.480 e. The van der Waals surface area contributed by atoms with E-state index in [0.717, 1.165) is 11.3 Å². The van der Waals surface area contributed by atoms with Crippen LogP contribution in [0, 0.1) is 11.3 Å². The average molecular weight is 188 g/mol. The number of fused-ring (bicyclic) bond motifs is 1. The molecule has 4 nitrogen and oxygen atoms in total. The highest BCUT2D eigenvalue weighted by Crippen LogP contribution is 2.28. The smallest absolute Gasteiger partial charge is 0.326 e. The lowest BCUT2D eigenvalue weighted by Crippen LogP contribution is -2.26. The first kappa shape index (κ1) is 8.57. The number of aliphatic carboxylic acids is 1. The topological polar surface area (TPSA) is 73.1 Å². The van der Waals surface area contributed by atoms with Gasteiger partial charge in [-0.3, -0.25) is 0 Å². The van der Waals surface area contributed by atoms with Crippen molar-refractivity contribution in [2.75, 3.05) is 5.32 Å². The van der Waals surface area contributed by atoms with Crippen molar-refractivity contribution in [3.8, 4) is 6.07 Å². The van der Waals surface area contributed by atoms with Gasteiger partial charge in [0.15, 0.2) is 0 Å². The molecule has 0 spiro atoms. The van der Waals surface area contributed by atoms with Crippen LogP contribution in [0.15, 0.2) is 18.2 Å². The first-order valence-corrected chi connectivity index (χ1v) is 4.23. The van der Waals surface area contributed by atoms with Gasteiger partial charge in [0.25, 0.3) is 0 Å². The maximum atomic E-state index is 10.7. The molecule has 2 N–H and O–H groups in total. The van der Waals surface area contributed by atoms with E-state index < -0.39 is 12.0 Å². The van der Waals surface area contributed by atoms with Crippen molar-refractivity contribution in [1.29, 1.82) is 5.26 Å². The third kappa shape index (κ3) is 1.19. The highest BCUT2D eigenvalue weighted by atomic mass is 16.4. The van der Waals surface area contributed by atoms with Gasteiger partial charge < -0.3 is 10.4 Å². The van der Waals surface area contributed by atoms with E-state index in [1.165, 1.54) is 0 Å². The van der Waals surface area contributed by atoms with E-state index in [0.29, 0.717) is 12.0 Å². The standard InChI is InChI=1S/C10H8N2O2/c11-5-6-2-1-3-8-7(6)4-9(12-8)10(13)14/h1-3,9,12H,4H2,(H,13,14). The Kier molecular flexibility index (Phi) is 1.86. The van der Waals surface area contributed by atoms with E-state index >= 15 is 0 Å². The Hall–Kier alpha value is -2.02. The minimum atomic E-state index is -0.884. The molecule has 1 aromatic carbocycles. The summed E-state index contributed by atoms with van der Waals surface area (Å²) in [4.78, 5) is 10.7. The first-order valence-electron chi connectivity index (χ1n) is 4.23. The number of anilines is 1. The summed E-state index contributed by atoms with van der Waals surface area (Å²) in [5, 5.41) is 20.5. The fourth-order valence-electron chi connectivity index (χ4n) is 1.64. The lowest BCUT2D eigenvalue weighted by molar-refractivity contribution is -0.137. The molecule has 1 aliphatic heterocycles. The first-order chi connectivity index (χ1) is 6.72. The van der Waals surface area contributed by atoms with Gasteiger partial charge in [0.1, 0.15) is 6.04 Å². The summed E-state index contributed by atoms with van der Waals surface area (Å²) in [6, 6.07) is 6.69. The molecule has 14 heavy (non-hydrogen) atoms. The van der Waals surface area contributed by atoms with Crippen LogP contribution < -0.4 is 5.32 Å². The van der Waals surface area contributed by atoms with Gasteiger partial charge in [0.05, 0.1) is 11.6 Å². The maximum absolute atomic E-state index is 10.7. The normalized spacial score (nSPS) is 18.1. The van der Waals surface area contributed by atoms with Gasteiger partial charge >= 0.3 is 5.97 Å². The maximum Gasteiger partial charge on any atom is 0.326 e. The number of hydrogen-bond donors (Lipinski definition) is 2. The third-order valence-corrected chi connectivity index (χ3v) is 2.33. The Morgan fingerprint density at radius 1 is 1.64 bits per heavy atom. The van der Waals surface area contributed by atoms with Gasteiger partial charge in [-0.1, -0.05) is 6.07 Å². The molecular weight excluding hydrogens is 180 g/mol. The molecule has 70 valence electrons. The molecule has 0 saturated heterocycles. The average Bonchev–Trinajstić information content (AvgIpc) is 2.60. The summed E-state index contributed by atoms with van der Waals surface area (Å²) < 4.78 is 0. The van der Waals surface area contributed by atoms with E-state index in [1.54, 1.807) is 18.2 Å². The molecule has 0 saturated carbocycles. The Balaban J connectivity index is 2.40. The highest BCUT2D eigenvalue weighted by molar-refractivity contribution is 5.82. The van der Waals surface area contributed by atoms with Crippen LogP contribution in [0.1, 0.15) is 11.1 Å². The quantitative estimate of drug-likeness (QED) is 0.689. The van der Waals surface area contributed by atoms with Gasteiger partial charge in [-0.05, 0) is 17.7 Å². The molecular formula is C10H8N2O2. The van der Waals surface area contributed by atoms with Crippen LogP contribution in [0.3, 0.4) is 0 Å². The SMILES string of the molecule is N#Cc1cccc2c1CC(C(=O)O)N2.